The highest BCUT2D eigenvalue weighted by Crippen LogP contribution is 2.28. The lowest BCUT2D eigenvalue weighted by Gasteiger charge is -2.30. The third-order valence-corrected chi connectivity index (χ3v) is 4.65. The Labute approximate surface area is 142 Å². The molecule has 3 rings (SSSR count). The standard InChI is InChI=1S/C19H25N3O2/c1-4-22-10-9-16-14(11-22)17(18(24)21-19(2,3)12-23)13-7-5-6-8-15(13)20-16/h5-8,23H,4,9-12H2,1-3H3,(H,21,24). The summed E-state index contributed by atoms with van der Waals surface area (Å²) in [7, 11) is 0. The summed E-state index contributed by atoms with van der Waals surface area (Å²) >= 11 is 0. The van der Waals surface area contributed by atoms with Gasteiger partial charge < -0.3 is 10.4 Å². The molecule has 0 bridgehead atoms. The molecule has 1 aromatic heterocycles. The van der Waals surface area contributed by atoms with Gasteiger partial charge in [0.05, 0.1) is 23.2 Å². The van der Waals surface area contributed by atoms with E-state index in [2.05, 4.69) is 17.1 Å². The van der Waals surface area contributed by atoms with Crippen molar-refractivity contribution >= 4 is 16.8 Å². The number of nitrogens with zero attached hydrogens (tertiary/aromatic N) is 2. The minimum atomic E-state index is -0.659. The molecule has 128 valence electrons. The Hall–Kier alpha value is -1.98. The second-order valence-corrected chi connectivity index (χ2v) is 7.04. The molecular weight excluding hydrogens is 302 g/mol. The van der Waals surface area contributed by atoms with Gasteiger partial charge in [-0.05, 0) is 26.5 Å². The van der Waals surface area contributed by atoms with Crippen LogP contribution in [0.25, 0.3) is 10.9 Å². The summed E-state index contributed by atoms with van der Waals surface area (Å²) in [6, 6.07) is 7.79. The number of para-hydroxylation sites is 1. The second-order valence-electron chi connectivity index (χ2n) is 7.04. The van der Waals surface area contributed by atoms with Crippen LogP contribution in [0.4, 0.5) is 0 Å². The molecule has 0 atom stereocenters. The maximum absolute atomic E-state index is 13.0. The first kappa shape index (κ1) is 16.9. The number of carbonyl (C=O) groups excluding carboxylic acids is 1. The van der Waals surface area contributed by atoms with Crippen LogP contribution in [0.2, 0.25) is 0 Å². The van der Waals surface area contributed by atoms with Crippen molar-refractivity contribution in [1.29, 1.82) is 0 Å². The lowest BCUT2D eigenvalue weighted by molar-refractivity contribution is 0.0868. The largest absolute Gasteiger partial charge is 0.394 e. The van der Waals surface area contributed by atoms with E-state index in [-0.39, 0.29) is 12.5 Å². The zero-order chi connectivity index (χ0) is 17.3. The smallest absolute Gasteiger partial charge is 0.252 e. The average Bonchev–Trinajstić information content (AvgIpc) is 2.58. The lowest BCUT2D eigenvalue weighted by Crippen LogP contribution is -2.47. The fraction of sp³-hybridized carbons (Fsp3) is 0.474. The van der Waals surface area contributed by atoms with E-state index >= 15 is 0 Å². The van der Waals surface area contributed by atoms with Gasteiger partial charge in [0.1, 0.15) is 0 Å². The Balaban J connectivity index is 2.15. The summed E-state index contributed by atoms with van der Waals surface area (Å²) in [6.45, 7) is 8.33. The van der Waals surface area contributed by atoms with Crippen LogP contribution in [0.1, 0.15) is 42.4 Å². The molecule has 1 amide bonds. The normalized spacial score (nSPS) is 15.3. The highest BCUT2D eigenvalue weighted by Gasteiger charge is 2.28. The summed E-state index contributed by atoms with van der Waals surface area (Å²) in [6.07, 6.45) is 0.859. The number of aliphatic hydroxyl groups is 1. The molecule has 1 aliphatic rings. The molecule has 0 spiro atoms. The number of fused-ring (bicyclic) bond motifs is 2. The van der Waals surface area contributed by atoms with E-state index in [1.165, 1.54) is 0 Å². The number of aliphatic hydroxyl groups excluding tert-OH is 1. The van der Waals surface area contributed by atoms with Crippen molar-refractivity contribution in [2.24, 2.45) is 0 Å². The predicted octanol–water partition coefficient (Wildman–Crippen LogP) is 2.11. The average molecular weight is 327 g/mol. The van der Waals surface area contributed by atoms with Crippen molar-refractivity contribution in [2.45, 2.75) is 39.3 Å². The van der Waals surface area contributed by atoms with Crippen molar-refractivity contribution in [3.8, 4) is 0 Å². The number of hydrogen-bond acceptors (Lipinski definition) is 4. The molecule has 2 N–H and O–H groups in total. The van der Waals surface area contributed by atoms with Crippen LogP contribution >= 0.6 is 0 Å². The summed E-state index contributed by atoms with van der Waals surface area (Å²) in [5, 5.41) is 13.3. The first-order valence-corrected chi connectivity index (χ1v) is 8.51. The van der Waals surface area contributed by atoms with Crippen LogP contribution in [0.15, 0.2) is 24.3 Å². The summed E-state index contributed by atoms with van der Waals surface area (Å²) in [4.78, 5) is 20.1. The second kappa shape index (κ2) is 6.49. The molecule has 1 aliphatic heterocycles. The molecular formula is C19H25N3O2. The Morgan fingerprint density at radius 3 is 2.83 bits per heavy atom. The molecule has 0 saturated heterocycles. The number of aromatic nitrogens is 1. The van der Waals surface area contributed by atoms with E-state index in [1.54, 1.807) is 0 Å². The van der Waals surface area contributed by atoms with Gasteiger partial charge >= 0.3 is 0 Å². The Kier molecular flexibility index (Phi) is 4.56. The van der Waals surface area contributed by atoms with Gasteiger partial charge in [-0.25, -0.2) is 0 Å². The number of benzene rings is 1. The maximum atomic E-state index is 13.0. The number of likely N-dealkylation sites (N-methyl/N-ethyl adjacent to an activating group) is 1. The highest BCUT2D eigenvalue weighted by atomic mass is 16.3. The fourth-order valence-corrected chi connectivity index (χ4v) is 3.18. The van der Waals surface area contributed by atoms with Crippen LogP contribution < -0.4 is 5.32 Å². The van der Waals surface area contributed by atoms with Crippen LogP contribution in [0.3, 0.4) is 0 Å². The number of pyridine rings is 1. The van der Waals surface area contributed by atoms with Crippen molar-refractivity contribution in [3.63, 3.8) is 0 Å². The van der Waals surface area contributed by atoms with E-state index in [1.807, 2.05) is 38.1 Å². The van der Waals surface area contributed by atoms with Crippen LogP contribution in [0.5, 0.6) is 0 Å². The van der Waals surface area contributed by atoms with Gasteiger partial charge in [0.2, 0.25) is 0 Å². The van der Waals surface area contributed by atoms with E-state index < -0.39 is 5.54 Å². The predicted molar refractivity (Wildman–Crippen MR) is 95.0 cm³/mol. The third kappa shape index (κ3) is 3.14. The van der Waals surface area contributed by atoms with Gasteiger partial charge in [0.25, 0.3) is 5.91 Å². The van der Waals surface area contributed by atoms with Crippen molar-refractivity contribution < 1.29 is 9.90 Å². The summed E-state index contributed by atoms with van der Waals surface area (Å²) < 4.78 is 0. The quantitative estimate of drug-likeness (QED) is 0.903. The Bertz CT molecular complexity index is 771. The first-order valence-electron chi connectivity index (χ1n) is 8.51. The zero-order valence-corrected chi connectivity index (χ0v) is 14.6. The van der Waals surface area contributed by atoms with Gasteiger partial charge in [0.15, 0.2) is 0 Å². The maximum Gasteiger partial charge on any atom is 0.252 e. The topological polar surface area (TPSA) is 65.5 Å². The summed E-state index contributed by atoms with van der Waals surface area (Å²) in [5.41, 5.74) is 2.94. The SMILES string of the molecule is CCN1CCc2nc3ccccc3c(C(=O)NC(C)(C)CO)c2C1. The Morgan fingerprint density at radius 1 is 1.38 bits per heavy atom. The monoisotopic (exact) mass is 327 g/mol. The molecule has 24 heavy (non-hydrogen) atoms. The zero-order valence-electron chi connectivity index (χ0n) is 14.6. The van der Waals surface area contributed by atoms with E-state index in [9.17, 15) is 9.90 Å². The molecule has 0 fully saturated rings. The minimum absolute atomic E-state index is 0.106. The number of rotatable bonds is 4. The third-order valence-electron chi connectivity index (χ3n) is 4.65. The van der Waals surface area contributed by atoms with Crippen LogP contribution in [0, 0.1) is 0 Å². The van der Waals surface area contributed by atoms with Crippen LogP contribution in [-0.2, 0) is 13.0 Å². The number of amides is 1. The van der Waals surface area contributed by atoms with E-state index in [4.69, 9.17) is 4.98 Å². The molecule has 5 heteroatoms. The van der Waals surface area contributed by atoms with E-state index in [0.717, 1.165) is 48.2 Å². The van der Waals surface area contributed by atoms with Crippen molar-refractivity contribution in [3.05, 3.63) is 41.1 Å². The van der Waals surface area contributed by atoms with Crippen LogP contribution in [-0.4, -0.2) is 46.1 Å². The molecule has 0 saturated carbocycles. The van der Waals surface area contributed by atoms with E-state index in [0.29, 0.717) is 5.56 Å². The number of hydrogen-bond donors (Lipinski definition) is 2. The molecule has 5 nitrogen and oxygen atoms in total. The molecule has 0 aliphatic carbocycles. The fourth-order valence-electron chi connectivity index (χ4n) is 3.18. The van der Waals surface area contributed by atoms with Crippen molar-refractivity contribution in [2.75, 3.05) is 19.7 Å². The van der Waals surface area contributed by atoms with Gasteiger partial charge in [-0.15, -0.1) is 0 Å². The molecule has 2 heterocycles. The molecule has 1 aromatic carbocycles. The first-order chi connectivity index (χ1) is 11.4. The lowest BCUT2D eigenvalue weighted by atomic mass is 9.94. The van der Waals surface area contributed by atoms with Gasteiger partial charge in [-0.2, -0.15) is 0 Å². The molecule has 2 aromatic rings. The number of nitrogens with one attached hydrogen (secondary N) is 1. The number of carbonyl (C=O) groups is 1. The highest BCUT2D eigenvalue weighted by molar-refractivity contribution is 6.08. The van der Waals surface area contributed by atoms with Gasteiger partial charge in [0, 0.05) is 36.2 Å². The molecule has 0 radical (unpaired) electrons. The Morgan fingerprint density at radius 2 is 2.12 bits per heavy atom. The molecule has 0 unspecified atom stereocenters. The minimum Gasteiger partial charge on any atom is -0.394 e. The van der Waals surface area contributed by atoms with Gasteiger partial charge in [-0.1, -0.05) is 25.1 Å². The van der Waals surface area contributed by atoms with Crippen molar-refractivity contribution in [1.82, 2.24) is 15.2 Å². The summed E-state index contributed by atoms with van der Waals surface area (Å²) in [5.74, 6) is -0.137. The van der Waals surface area contributed by atoms with Gasteiger partial charge in [-0.3, -0.25) is 14.7 Å².